The van der Waals surface area contributed by atoms with Crippen LogP contribution in [0.1, 0.15) is 29.2 Å². The van der Waals surface area contributed by atoms with E-state index in [1.807, 2.05) is 57.2 Å². The molecule has 0 saturated heterocycles. The van der Waals surface area contributed by atoms with Crippen molar-refractivity contribution in [1.29, 1.82) is 0 Å². The molecule has 0 aliphatic heterocycles. The van der Waals surface area contributed by atoms with E-state index in [1.54, 1.807) is 20.1 Å². The minimum atomic E-state index is -0.655. The van der Waals surface area contributed by atoms with Crippen molar-refractivity contribution in [2.75, 3.05) is 12.4 Å². The zero-order chi connectivity index (χ0) is 20.0. The maximum atomic E-state index is 12.4. The summed E-state index contributed by atoms with van der Waals surface area (Å²) in [6.45, 7) is 7.59. The van der Waals surface area contributed by atoms with E-state index in [0.717, 1.165) is 33.7 Å². The van der Waals surface area contributed by atoms with Crippen molar-refractivity contribution >= 4 is 23.6 Å². The average Bonchev–Trinajstić information content (AvgIpc) is 2.63. The van der Waals surface area contributed by atoms with Gasteiger partial charge in [-0.05, 0) is 62.6 Å². The molecule has 1 unspecified atom stereocenters. The number of carbonyl (C=O) groups excluding carboxylic acids is 2. The van der Waals surface area contributed by atoms with Gasteiger partial charge in [-0.1, -0.05) is 29.8 Å². The van der Waals surface area contributed by atoms with Crippen LogP contribution in [0.15, 0.2) is 42.5 Å². The third-order valence-corrected chi connectivity index (χ3v) is 4.22. The van der Waals surface area contributed by atoms with Gasteiger partial charge in [0.05, 0.1) is 7.11 Å². The Morgan fingerprint density at radius 1 is 1.04 bits per heavy atom. The molecule has 5 heteroatoms. The number of aryl methyl sites for hydroxylation is 3. The Bertz CT molecular complexity index is 831. The van der Waals surface area contributed by atoms with E-state index >= 15 is 0 Å². The second-order valence-corrected chi connectivity index (χ2v) is 6.60. The number of rotatable bonds is 6. The van der Waals surface area contributed by atoms with Gasteiger partial charge in [0.25, 0.3) is 0 Å². The van der Waals surface area contributed by atoms with Gasteiger partial charge in [-0.2, -0.15) is 0 Å². The van der Waals surface area contributed by atoms with Crippen molar-refractivity contribution in [1.82, 2.24) is 5.32 Å². The van der Waals surface area contributed by atoms with E-state index in [4.69, 9.17) is 4.74 Å². The maximum Gasteiger partial charge on any atom is 0.246 e. The van der Waals surface area contributed by atoms with E-state index in [2.05, 4.69) is 10.6 Å². The lowest BCUT2D eigenvalue weighted by Gasteiger charge is -2.16. The van der Waals surface area contributed by atoms with Crippen molar-refractivity contribution in [2.45, 2.75) is 33.7 Å². The van der Waals surface area contributed by atoms with E-state index in [9.17, 15) is 9.59 Å². The zero-order valence-electron chi connectivity index (χ0n) is 16.4. The first-order chi connectivity index (χ1) is 12.8. The molecule has 142 valence electrons. The summed E-state index contributed by atoms with van der Waals surface area (Å²) < 4.78 is 5.10. The molecule has 2 amide bonds. The molecule has 0 aliphatic carbocycles. The van der Waals surface area contributed by atoms with Crippen molar-refractivity contribution in [3.63, 3.8) is 0 Å². The number of benzene rings is 2. The summed E-state index contributed by atoms with van der Waals surface area (Å²) in [5.74, 6) is 0.172. The van der Waals surface area contributed by atoms with Crippen molar-refractivity contribution < 1.29 is 14.3 Å². The Balaban J connectivity index is 1.95. The number of hydrogen-bond acceptors (Lipinski definition) is 3. The van der Waals surface area contributed by atoms with Crippen molar-refractivity contribution in [2.24, 2.45) is 0 Å². The second-order valence-electron chi connectivity index (χ2n) is 6.60. The third-order valence-electron chi connectivity index (χ3n) is 4.22. The van der Waals surface area contributed by atoms with Crippen LogP contribution in [-0.2, 0) is 9.59 Å². The van der Waals surface area contributed by atoms with Crippen LogP contribution in [0.3, 0.4) is 0 Å². The minimum Gasteiger partial charge on any atom is -0.497 e. The molecule has 0 aliphatic rings. The second kappa shape index (κ2) is 9.03. The number of methoxy groups -OCH3 is 1. The summed E-state index contributed by atoms with van der Waals surface area (Å²) >= 11 is 0. The summed E-state index contributed by atoms with van der Waals surface area (Å²) in [7, 11) is 1.60. The molecule has 1 atom stereocenters. The molecular weight excluding hydrogens is 340 g/mol. The average molecular weight is 366 g/mol. The van der Waals surface area contributed by atoms with Crippen LogP contribution >= 0.6 is 0 Å². The van der Waals surface area contributed by atoms with Crippen molar-refractivity contribution in [3.05, 3.63) is 64.7 Å². The quantitative estimate of drug-likeness (QED) is 0.765. The van der Waals surface area contributed by atoms with Gasteiger partial charge in [0, 0.05) is 11.8 Å². The Labute approximate surface area is 160 Å². The highest BCUT2D eigenvalue weighted by Gasteiger charge is 2.16. The summed E-state index contributed by atoms with van der Waals surface area (Å²) in [6.07, 6.45) is 3.10. The van der Waals surface area contributed by atoms with Gasteiger partial charge in [-0.15, -0.1) is 0 Å². The molecule has 0 radical (unpaired) electrons. The number of hydrogen-bond donors (Lipinski definition) is 2. The number of nitrogens with one attached hydrogen (secondary N) is 2. The van der Waals surface area contributed by atoms with Crippen LogP contribution < -0.4 is 15.4 Å². The normalized spacial score (nSPS) is 11.9. The molecule has 2 aromatic rings. The highest BCUT2D eigenvalue weighted by Crippen LogP contribution is 2.22. The van der Waals surface area contributed by atoms with Gasteiger partial charge in [-0.3, -0.25) is 9.59 Å². The Morgan fingerprint density at radius 2 is 1.63 bits per heavy atom. The molecule has 0 fully saturated rings. The lowest BCUT2D eigenvalue weighted by Crippen LogP contribution is -2.41. The lowest BCUT2D eigenvalue weighted by molar-refractivity contribution is -0.123. The Kier molecular flexibility index (Phi) is 6.77. The predicted molar refractivity (Wildman–Crippen MR) is 109 cm³/mol. The summed E-state index contributed by atoms with van der Waals surface area (Å²) in [4.78, 5) is 24.5. The molecule has 2 rings (SSSR count). The van der Waals surface area contributed by atoms with Crippen LogP contribution in [0, 0.1) is 20.8 Å². The molecule has 0 spiro atoms. The fourth-order valence-corrected chi connectivity index (χ4v) is 2.82. The highest BCUT2D eigenvalue weighted by atomic mass is 16.5. The Hall–Kier alpha value is -3.08. The number of ether oxygens (including phenoxy) is 1. The third kappa shape index (κ3) is 5.71. The van der Waals surface area contributed by atoms with Gasteiger partial charge in [0.1, 0.15) is 11.8 Å². The number of amides is 2. The number of carbonyl (C=O) groups is 2. The fraction of sp³-hybridized carbons (Fsp3) is 0.273. The van der Waals surface area contributed by atoms with Gasteiger partial charge < -0.3 is 15.4 Å². The highest BCUT2D eigenvalue weighted by molar-refractivity contribution is 6.00. The summed E-state index contributed by atoms with van der Waals surface area (Å²) in [5.41, 5.74) is 4.81. The van der Waals surface area contributed by atoms with Gasteiger partial charge in [0.15, 0.2) is 0 Å². The first kappa shape index (κ1) is 20.2. The topological polar surface area (TPSA) is 67.4 Å². The van der Waals surface area contributed by atoms with Crippen LogP contribution in [-0.4, -0.2) is 25.0 Å². The summed E-state index contributed by atoms with van der Waals surface area (Å²) in [6, 6.07) is 10.7. The van der Waals surface area contributed by atoms with E-state index < -0.39 is 6.04 Å². The first-order valence-corrected chi connectivity index (χ1v) is 8.81. The molecule has 0 saturated carbocycles. The standard InChI is InChI=1S/C22H26N2O3/c1-14-12-15(2)21(16(3)13-14)24-22(26)17(4)23-20(25)11-8-18-6-9-19(27-5)10-7-18/h6-13,17H,1-5H3,(H,23,25)(H,24,26)/b11-8+. The summed E-state index contributed by atoms with van der Waals surface area (Å²) in [5, 5.41) is 5.59. The number of anilines is 1. The molecule has 0 aromatic heterocycles. The smallest absolute Gasteiger partial charge is 0.246 e. The molecular formula is C22H26N2O3. The van der Waals surface area contributed by atoms with Crippen LogP contribution in [0.5, 0.6) is 5.75 Å². The predicted octanol–water partition coefficient (Wildman–Crippen LogP) is 3.78. The van der Waals surface area contributed by atoms with Crippen molar-refractivity contribution in [3.8, 4) is 5.75 Å². The molecule has 5 nitrogen and oxygen atoms in total. The maximum absolute atomic E-state index is 12.4. The van der Waals surface area contributed by atoms with Gasteiger partial charge >= 0.3 is 0 Å². The monoisotopic (exact) mass is 366 g/mol. The zero-order valence-corrected chi connectivity index (χ0v) is 16.4. The lowest BCUT2D eigenvalue weighted by atomic mass is 10.0. The molecule has 2 aromatic carbocycles. The van der Waals surface area contributed by atoms with Crippen LogP contribution in [0.2, 0.25) is 0 Å². The fourth-order valence-electron chi connectivity index (χ4n) is 2.82. The molecule has 2 N–H and O–H groups in total. The molecule has 27 heavy (non-hydrogen) atoms. The molecule has 0 heterocycles. The Morgan fingerprint density at radius 3 is 2.19 bits per heavy atom. The van der Waals surface area contributed by atoms with E-state index in [0.29, 0.717) is 0 Å². The minimum absolute atomic E-state index is 0.253. The molecule has 0 bridgehead atoms. The van der Waals surface area contributed by atoms with Gasteiger partial charge in [-0.25, -0.2) is 0 Å². The van der Waals surface area contributed by atoms with E-state index in [-0.39, 0.29) is 11.8 Å². The first-order valence-electron chi connectivity index (χ1n) is 8.81. The van der Waals surface area contributed by atoms with E-state index in [1.165, 1.54) is 6.08 Å². The van der Waals surface area contributed by atoms with Gasteiger partial charge in [0.2, 0.25) is 11.8 Å². The van der Waals surface area contributed by atoms with Crippen LogP contribution in [0.4, 0.5) is 5.69 Å². The van der Waals surface area contributed by atoms with Crippen LogP contribution in [0.25, 0.3) is 6.08 Å². The SMILES string of the molecule is COc1ccc(/C=C/C(=O)NC(C)C(=O)Nc2c(C)cc(C)cc2C)cc1. The largest absolute Gasteiger partial charge is 0.497 e.